The number of nitrogens with zero attached hydrogens (tertiary/aromatic N) is 2. The Balaban J connectivity index is 1.82. The number of amides is 1. The molecule has 0 radical (unpaired) electrons. The molecule has 0 fully saturated rings. The first kappa shape index (κ1) is 22.7. The highest BCUT2D eigenvalue weighted by molar-refractivity contribution is 5.99. The molecule has 1 heterocycles. The van der Waals surface area contributed by atoms with Gasteiger partial charge < -0.3 is 14.2 Å². The number of aromatic nitrogens is 1. The molecule has 0 N–H and O–H groups in total. The Morgan fingerprint density at radius 2 is 1.58 bits per heavy atom. The van der Waals surface area contributed by atoms with Crippen LogP contribution in [0.4, 0.5) is 4.79 Å². The predicted molar refractivity (Wildman–Crippen MR) is 136 cm³/mol. The van der Waals surface area contributed by atoms with Crippen molar-refractivity contribution in [2.75, 3.05) is 13.1 Å². The Bertz CT molecular complexity index is 1280. The Labute approximate surface area is 196 Å². The number of benzene rings is 3. The average molecular weight is 441 g/mol. The van der Waals surface area contributed by atoms with Gasteiger partial charge in [-0.25, -0.2) is 4.79 Å². The van der Waals surface area contributed by atoms with Gasteiger partial charge in [0.05, 0.1) is 0 Å². The average Bonchev–Trinajstić information content (AvgIpc) is 3.20. The van der Waals surface area contributed by atoms with Crippen LogP contribution in [0.15, 0.2) is 66.9 Å². The molecule has 0 spiro atoms. The number of rotatable bonds is 6. The van der Waals surface area contributed by atoms with Crippen molar-refractivity contribution in [3.05, 3.63) is 89.1 Å². The second-order valence-corrected chi connectivity index (χ2v) is 8.65. The van der Waals surface area contributed by atoms with E-state index in [0.717, 1.165) is 28.6 Å². The zero-order valence-electron chi connectivity index (χ0n) is 20.2. The van der Waals surface area contributed by atoms with E-state index < -0.39 is 0 Å². The van der Waals surface area contributed by atoms with E-state index in [0.29, 0.717) is 18.8 Å². The Kier molecular flexibility index (Phi) is 6.55. The molecule has 4 aromatic rings. The molecule has 0 aliphatic heterocycles. The molecule has 0 unspecified atom stereocenters. The minimum absolute atomic E-state index is 0.317. The highest BCUT2D eigenvalue weighted by Crippen LogP contribution is 2.38. The van der Waals surface area contributed by atoms with Gasteiger partial charge in [0, 0.05) is 42.3 Å². The van der Waals surface area contributed by atoms with E-state index in [2.05, 4.69) is 86.1 Å². The summed E-state index contributed by atoms with van der Waals surface area (Å²) < 4.78 is 8.19. The Morgan fingerprint density at radius 3 is 2.27 bits per heavy atom. The van der Waals surface area contributed by atoms with Gasteiger partial charge in [-0.15, -0.1) is 0 Å². The van der Waals surface area contributed by atoms with E-state index in [9.17, 15) is 4.79 Å². The number of ether oxygens (including phenoxy) is 1. The first-order chi connectivity index (χ1) is 15.9. The lowest BCUT2D eigenvalue weighted by molar-refractivity contribution is 0.157. The van der Waals surface area contributed by atoms with Gasteiger partial charge in [-0.3, -0.25) is 0 Å². The summed E-state index contributed by atoms with van der Waals surface area (Å²) in [5.74, 6) is 0.590. The third-order valence-electron chi connectivity index (χ3n) is 6.32. The van der Waals surface area contributed by atoms with Crippen LogP contribution in [0.3, 0.4) is 0 Å². The molecule has 170 valence electrons. The standard InChI is InChI=1S/C29H32N2O2/c1-6-30(7-2)29(32)33-27-15-14-26-25(28(27)23-12-9-20(3)10-13-23)16-17-31(26)19-24-18-21(4)8-11-22(24)5/h8-18H,6-7,19H2,1-5H3. The second-order valence-electron chi connectivity index (χ2n) is 8.65. The molecule has 4 nitrogen and oxygen atoms in total. The van der Waals surface area contributed by atoms with Gasteiger partial charge in [-0.1, -0.05) is 53.6 Å². The van der Waals surface area contributed by atoms with Crippen molar-refractivity contribution in [3.63, 3.8) is 0 Å². The summed E-state index contributed by atoms with van der Waals surface area (Å²) in [4.78, 5) is 14.5. The normalized spacial score (nSPS) is 11.1. The van der Waals surface area contributed by atoms with Gasteiger partial charge in [-0.05, 0) is 69.5 Å². The van der Waals surface area contributed by atoms with Crippen LogP contribution >= 0.6 is 0 Å². The number of hydrogen-bond acceptors (Lipinski definition) is 2. The predicted octanol–water partition coefficient (Wildman–Crippen LogP) is 7.12. The fourth-order valence-corrected chi connectivity index (χ4v) is 4.29. The Hall–Kier alpha value is -3.53. The maximum absolute atomic E-state index is 12.8. The molecule has 4 rings (SSSR count). The van der Waals surface area contributed by atoms with E-state index >= 15 is 0 Å². The number of aryl methyl sites for hydroxylation is 3. The second kappa shape index (κ2) is 9.53. The van der Waals surface area contributed by atoms with Gasteiger partial charge in [0.2, 0.25) is 0 Å². The van der Waals surface area contributed by atoms with E-state index in [1.165, 1.54) is 22.3 Å². The summed E-state index contributed by atoms with van der Waals surface area (Å²) in [6, 6.07) is 21.1. The maximum Gasteiger partial charge on any atom is 0.415 e. The number of carbonyl (C=O) groups excluding carboxylic acids is 1. The highest BCUT2D eigenvalue weighted by Gasteiger charge is 2.19. The minimum Gasteiger partial charge on any atom is -0.410 e. The van der Waals surface area contributed by atoms with Gasteiger partial charge in [-0.2, -0.15) is 0 Å². The van der Waals surface area contributed by atoms with Crippen LogP contribution in [0.5, 0.6) is 5.75 Å². The van der Waals surface area contributed by atoms with Crippen molar-refractivity contribution in [2.45, 2.75) is 41.2 Å². The van der Waals surface area contributed by atoms with Crippen molar-refractivity contribution in [1.29, 1.82) is 0 Å². The van der Waals surface area contributed by atoms with Crippen molar-refractivity contribution >= 4 is 17.0 Å². The quantitative estimate of drug-likeness (QED) is 0.320. The van der Waals surface area contributed by atoms with Crippen LogP contribution in [0, 0.1) is 20.8 Å². The third kappa shape index (κ3) is 4.65. The van der Waals surface area contributed by atoms with E-state index in [-0.39, 0.29) is 6.09 Å². The molecule has 33 heavy (non-hydrogen) atoms. The fraction of sp³-hybridized carbons (Fsp3) is 0.276. The van der Waals surface area contributed by atoms with Crippen molar-refractivity contribution in [1.82, 2.24) is 9.47 Å². The van der Waals surface area contributed by atoms with Gasteiger partial charge in [0.15, 0.2) is 0 Å². The summed E-state index contributed by atoms with van der Waals surface area (Å²) in [6.07, 6.45) is 1.81. The number of carbonyl (C=O) groups is 1. The Morgan fingerprint density at radius 1 is 0.879 bits per heavy atom. The summed E-state index contributed by atoms with van der Waals surface area (Å²) in [5, 5.41) is 1.08. The lowest BCUT2D eigenvalue weighted by Gasteiger charge is -2.20. The van der Waals surface area contributed by atoms with Gasteiger partial charge in [0.1, 0.15) is 5.75 Å². The van der Waals surface area contributed by atoms with Crippen LogP contribution in [0.1, 0.15) is 36.1 Å². The third-order valence-corrected chi connectivity index (χ3v) is 6.32. The molecule has 0 saturated carbocycles. The van der Waals surface area contributed by atoms with E-state index in [4.69, 9.17) is 4.74 Å². The molecule has 0 bridgehead atoms. The van der Waals surface area contributed by atoms with Crippen molar-refractivity contribution in [3.8, 4) is 16.9 Å². The summed E-state index contributed by atoms with van der Waals surface area (Å²) in [6.45, 7) is 12.3. The van der Waals surface area contributed by atoms with Gasteiger partial charge in [0.25, 0.3) is 0 Å². The smallest absolute Gasteiger partial charge is 0.410 e. The van der Waals surface area contributed by atoms with Crippen molar-refractivity contribution < 1.29 is 9.53 Å². The lowest BCUT2D eigenvalue weighted by Crippen LogP contribution is -2.33. The molecule has 0 saturated heterocycles. The zero-order chi connectivity index (χ0) is 23.5. The number of hydrogen-bond donors (Lipinski definition) is 0. The largest absolute Gasteiger partial charge is 0.415 e. The molecular formula is C29H32N2O2. The van der Waals surface area contributed by atoms with Crippen LogP contribution < -0.4 is 4.74 Å². The number of fused-ring (bicyclic) bond motifs is 1. The summed E-state index contributed by atoms with van der Waals surface area (Å²) in [7, 11) is 0. The zero-order valence-corrected chi connectivity index (χ0v) is 20.2. The fourth-order valence-electron chi connectivity index (χ4n) is 4.29. The van der Waals surface area contributed by atoms with Crippen LogP contribution in [0.25, 0.3) is 22.0 Å². The molecule has 0 aliphatic carbocycles. The maximum atomic E-state index is 12.8. The highest BCUT2D eigenvalue weighted by atomic mass is 16.6. The molecule has 3 aromatic carbocycles. The van der Waals surface area contributed by atoms with Gasteiger partial charge >= 0.3 is 6.09 Å². The molecule has 1 amide bonds. The van der Waals surface area contributed by atoms with Crippen molar-refractivity contribution in [2.24, 2.45) is 0 Å². The van der Waals surface area contributed by atoms with Crippen LogP contribution in [-0.2, 0) is 6.54 Å². The molecule has 4 heteroatoms. The van der Waals surface area contributed by atoms with E-state index in [1.54, 1.807) is 4.90 Å². The molecule has 0 atom stereocenters. The SMILES string of the molecule is CCN(CC)C(=O)Oc1ccc2c(ccn2Cc2cc(C)ccc2C)c1-c1ccc(C)cc1. The lowest BCUT2D eigenvalue weighted by atomic mass is 9.99. The minimum atomic E-state index is -0.317. The molecular weight excluding hydrogens is 408 g/mol. The summed E-state index contributed by atoms with van der Waals surface area (Å²) in [5.41, 5.74) is 8.16. The van der Waals surface area contributed by atoms with Crippen LogP contribution in [0.2, 0.25) is 0 Å². The molecule has 0 aliphatic rings. The van der Waals surface area contributed by atoms with E-state index in [1.807, 2.05) is 19.9 Å². The first-order valence-corrected chi connectivity index (χ1v) is 11.6. The monoisotopic (exact) mass is 440 g/mol. The van der Waals surface area contributed by atoms with Crippen LogP contribution in [-0.4, -0.2) is 28.6 Å². The first-order valence-electron chi connectivity index (χ1n) is 11.6. The topological polar surface area (TPSA) is 34.5 Å². The summed E-state index contributed by atoms with van der Waals surface area (Å²) >= 11 is 0. The molecule has 1 aromatic heterocycles.